The van der Waals surface area contributed by atoms with Crippen molar-refractivity contribution in [3.8, 4) is 0 Å². The van der Waals surface area contributed by atoms with Gasteiger partial charge in [0.05, 0.1) is 4.92 Å². The van der Waals surface area contributed by atoms with Gasteiger partial charge in [0, 0.05) is 23.7 Å². The van der Waals surface area contributed by atoms with Gasteiger partial charge in [0.25, 0.3) is 5.69 Å². The molecule has 1 aromatic carbocycles. The van der Waals surface area contributed by atoms with Gasteiger partial charge >= 0.3 is 0 Å². The van der Waals surface area contributed by atoms with Gasteiger partial charge < -0.3 is 5.73 Å². The number of nitro groups is 1. The molecule has 0 aliphatic carbocycles. The second-order valence-electron chi connectivity index (χ2n) is 3.87. The van der Waals surface area contributed by atoms with Gasteiger partial charge in [-0.05, 0) is 12.0 Å². The quantitative estimate of drug-likeness (QED) is 0.669. The third kappa shape index (κ3) is 3.64. The molecule has 0 aliphatic rings. The van der Waals surface area contributed by atoms with Crippen LogP contribution in [-0.2, 0) is 0 Å². The van der Waals surface area contributed by atoms with Crippen molar-refractivity contribution in [2.24, 2.45) is 11.7 Å². The molecule has 0 saturated carbocycles. The van der Waals surface area contributed by atoms with E-state index in [-0.39, 0.29) is 29.6 Å². The molecule has 0 aromatic heterocycles. The van der Waals surface area contributed by atoms with E-state index >= 15 is 0 Å². The van der Waals surface area contributed by atoms with Crippen molar-refractivity contribution in [1.82, 2.24) is 0 Å². The summed E-state index contributed by atoms with van der Waals surface area (Å²) in [6.45, 7) is 3.84. The summed E-state index contributed by atoms with van der Waals surface area (Å²) >= 11 is 0. The van der Waals surface area contributed by atoms with Crippen LogP contribution in [-0.4, -0.2) is 4.92 Å². The fraction of sp³-hybridized carbons (Fsp3) is 0.455. The zero-order valence-corrected chi connectivity index (χ0v) is 10.5. The number of hydrogen-bond acceptors (Lipinski definition) is 3. The standard InChI is InChI=1S/C11H15FN2O2.ClH/c1-3-7(2)11(13)9-6-8(14(15)16)4-5-10(9)12;/h4-7,11H,3,13H2,1-2H3;1H/t7?,11-;/m0./s1. The normalized spacial score (nSPS) is 13.6. The Bertz CT molecular complexity index is 401. The number of nitro benzene ring substituents is 1. The highest BCUT2D eigenvalue weighted by Gasteiger charge is 2.20. The first-order valence-electron chi connectivity index (χ1n) is 5.16. The summed E-state index contributed by atoms with van der Waals surface area (Å²) in [6.07, 6.45) is 0.795. The molecular weight excluding hydrogens is 247 g/mol. The van der Waals surface area contributed by atoms with Crippen LogP contribution in [0.1, 0.15) is 31.9 Å². The summed E-state index contributed by atoms with van der Waals surface area (Å²) in [5.41, 5.74) is 5.94. The minimum Gasteiger partial charge on any atom is -0.324 e. The van der Waals surface area contributed by atoms with Crippen LogP contribution in [0.2, 0.25) is 0 Å². The van der Waals surface area contributed by atoms with Crippen molar-refractivity contribution in [3.05, 3.63) is 39.7 Å². The summed E-state index contributed by atoms with van der Waals surface area (Å²) < 4.78 is 13.5. The van der Waals surface area contributed by atoms with E-state index in [0.29, 0.717) is 0 Å². The second-order valence-corrected chi connectivity index (χ2v) is 3.87. The topological polar surface area (TPSA) is 69.2 Å². The summed E-state index contributed by atoms with van der Waals surface area (Å²) in [5.74, 6) is -0.407. The Morgan fingerprint density at radius 3 is 2.59 bits per heavy atom. The fourth-order valence-electron chi connectivity index (χ4n) is 1.46. The van der Waals surface area contributed by atoms with Crippen LogP contribution in [0.5, 0.6) is 0 Å². The number of nitrogens with two attached hydrogens (primary N) is 1. The Hall–Kier alpha value is -1.20. The summed E-state index contributed by atoms with van der Waals surface area (Å²) in [5, 5.41) is 10.6. The molecule has 0 radical (unpaired) electrons. The number of hydrogen-bond donors (Lipinski definition) is 1. The molecule has 2 atom stereocenters. The fourth-order valence-corrected chi connectivity index (χ4v) is 1.46. The lowest BCUT2D eigenvalue weighted by molar-refractivity contribution is -0.385. The number of rotatable bonds is 4. The lowest BCUT2D eigenvalue weighted by Crippen LogP contribution is -2.20. The molecule has 96 valence electrons. The van der Waals surface area contributed by atoms with E-state index in [0.717, 1.165) is 18.6 Å². The minimum absolute atomic E-state index is 0. The Balaban J connectivity index is 0.00000256. The van der Waals surface area contributed by atoms with Gasteiger partial charge in [-0.1, -0.05) is 20.3 Å². The molecule has 0 saturated heterocycles. The monoisotopic (exact) mass is 262 g/mol. The van der Waals surface area contributed by atoms with Crippen molar-refractivity contribution in [2.75, 3.05) is 0 Å². The summed E-state index contributed by atoms with van der Waals surface area (Å²) in [4.78, 5) is 10.0. The number of nitrogens with zero attached hydrogens (tertiary/aromatic N) is 1. The molecule has 0 spiro atoms. The average molecular weight is 263 g/mol. The molecule has 0 aliphatic heterocycles. The lowest BCUT2D eigenvalue weighted by atomic mass is 9.93. The molecule has 0 heterocycles. The van der Waals surface area contributed by atoms with Crippen molar-refractivity contribution >= 4 is 18.1 Å². The van der Waals surface area contributed by atoms with Crippen molar-refractivity contribution in [2.45, 2.75) is 26.3 Å². The first-order valence-corrected chi connectivity index (χ1v) is 5.16. The van der Waals surface area contributed by atoms with Crippen LogP contribution in [0, 0.1) is 21.8 Å². The van der Waals surface area contributed by atoms with Gasteiger partial charge in [-0.3, -0.25) is 10.1 Å². The predicted octanol–water partition coefficient (Wildman–Crippen LogP) is 3.20. The Morgan fingerprint density at radius 2 is 2.12 bits per heavy atom. The third-order valence-electron chi connectivity index (χ3n) is 2.81. The number of non-ortho nitro benzene ring substituents is 1. The maximum Gasteiger partial charge on any atom is 0.269 e. The van der Waals surface area contributed by atoms with E-state index < -0.39 is 16.8 Å². The van der Waals surface area contributed by atoms with Gasteiger partial charge in [0.2, 0.25) is 0 Å². The van der Waals surface area contributed by atoms with E-state index in [1.54, 1.807) is 0 Å². The smallest absolute Gasteiger partial charge is 0.269 e. The highest BCUT2D eigenvalue weighted by Crippen LogP contribution is 2.27. The minimum atomic E-state index is -0.549. The van der Waals surface area contributed by atoms with Crippen LogP contribution < -0.4 is 5.73 Å². The van der Waals surface area contributed by atoms with E-state index in [9.17, 15) is 14.5 Å². The molecule has 2 N–H and O–H groups in total. The van der Waals surface area contributed by atoms with Crippen LogP contribution >= 0.6 is 12.4 Å². The number of benzene rings is 1. The number of halogens is 2. The van der Waals surface area contributed by atoms with Crippen molar-refractivity contribution < 1.29 is 9.31 Å². The molecule has 17 heavy (non-hydrogen) atoms. The van der Waals surface area contributed by atoms with E-state index in [1.165, 1.54) is 6.07 Å². The Kier molecular flexibility index (Phi) is 6.05. The molecule has 1 aromatic rings. The predicted molar refractivity (Wildman–Crippen MR) is 66.7 cm³/mol. The highest BCUT2D eigenvalue weighted by atomic mass is 35.5. The van der Waals surface area contributed by atoms with Crippen LogP contribution in [0.3, 0.4) is 0 Å². The molecule has 6 heteroatoms. The van der Waals surface area contributed by atoms with Crippen LogP contribution in [0.25, 0.3) is 0 Å². The maximum atomic E-state index is 13.5. The van der Waals surface area contributed by atoms with Crippen molar-refractivity contribution in [1.29, 1.82) is 0 Å². The summed E-state index contributed by atoms with van der Waals surface area (Å²) in [6, 6.07) is 2.94. The van der Waals surface area contributed by atoms with Gasteiger partial charge in [-0.25, -0.2) is 4.39 Å². The third-order valence-corrected chi connectivity index (χ3v) is 2.81. The van der Waals surface area contributed by atoms with Crippen LogP contribution in [0.4, 0.5) is 10.1 Å². The van der Waals surface area contributed by atoms with Gasteiger partial charge in [-0.2, -0.15) is 0 Å². The first-order chi connectivity index (χ1) is 7.47. The second kappa shape index (κ2) is 6.51. The van der Waals surface area contributed by atoms with E-state index in [1.807, 2.05) is 13.8 Å². The molecule has 1 unspecified atom stereocenters. The zero-order valence-electron chi connectivity index (χ0n) is 9.72. The maximum absolute atomic E-state index is 13.5. The SMILES string of the molecule is CCC(C)[C@H](N)c1cc([N+](=O)[O-])ccc1F.Cl. The first kappa shape index (κ1) is 15.8. The van der Waals surface area contributed by atoms with Gasteiger partial charge in [0.15, 0.2) is 0 Å². The highest BCUT2D eigenvalue weighted by molar-refractivity contribution is 5.85. The Morgan fingerprint density at radius 1 is 1.53 bits per heavy atom. The van der Waals surface area contributed by atoms with E-state index in [2.05, 4.69) is 0 Å². The molecule has 0 amide bonds. The molecule has 4 nitrogen and oxygen atoms in total. The average Bonchev–Trinajstić information content (AvgIpc) is 2.27. The molecule has 0 fully saturated rings. The van der Waals surface area contributed by atoms with E-state index in [4.69, 9.17) is 5.73 Å². The van der Waals surface area contributed by atoms with Crippen molar-refractivity contribution in [3.63, 3.8) is 0 Å². The molecular formula is C11H16ClFN2O2. The molecule has 0 bridgehead atoms. The molecule has 1 rings (SSSR count). The summed E-state index contributed by atoms with van der Waals surface area (Å²) in [7, 11) is 0. The van der Waals surface area contributed by atoms with Gasteiger partial charge in [0.1, 0.15) is 5.82 Å². The zero-order chi connectivity index (χ0) is 12.3. The Labute approximate surface area is 106 Å². The largest absolute Gasteiger partial charge is 0.324 e. The van der Waals surface area contributed by atoms with Crippen LogP contribution in [0.15, 0.2) is 18.2 Å². The lowest BCUT2D eigenvalue weighted by Gasteiger charge is -2.18. The van der Waals surface area contributed by atoms with Gasteiger partial charge in [-0.15, -0.1) is 12.4 Å².